The average Bonchev–Trinajstić information content (AvgIpc) is 3.07. The maximum Gasteiger partial charge on any atom is 0.349 e. The number of nitrogens with one attached hydrogen (secondary N) is 1. The van der Waals surface area contributed by atoms with E-state index in [2.05, 4.69) is 10.3 Å². The lowest BCUT2D eigenvalue weighted by Crippen LogP contribution is -2.32. The summed E-state index contributed by atoms with van der Waals surface area (Å²) in [4.78, 5) is 28.8. The van der Waals surface area contributed by atoms with E-state index in [4.69, 9.17) is 4.42 Å². The minimum Gasteiger partial charge on any atom is -0.422 e. The molecule has 0 aliphatic heterocycles. The molecule has 1 atom stereocenters. The van der Waals surface area contributed by atoms with Gasteiger partial charge in [0, 0.05) is 29.4 Å². The Morgan fingerprint density at radius 1 is 1.39 bits per heavy atom. The summed E-state index contributed by atoms with van der Waals surface area (Å²) in [6.07, 6.45) is 1.74. The Kier molecular flexibility index (Phi) is 4.25. The number of carbonyl (C=O) groups excluding carboxylic acids is 1. The number of aryl methyl sites for hydroxylation is 1. The number of thiazole rings is 1. The number of fused-ring (bicyclic) bond motifs is 1. The summed E-state index contributed by atoms with van der Waals surface area (Å²) < 4.78 is 5.25. The molecule has 0 fully saturated rings. The third-order valence-electron chi connectivity index (χ3n) is 3.74. The lowest BCUT2D eigenvalue weighted by molar-refractivity contribution is 0.0947. The summed E-state index contributed by atoms with van der Waals surface area (Å²) in [5.74, 6) is -0.322. The van der Waals surface area contributed by atoms with E-state index in [1.807, 2.05) is 24.4 Å². The predicted molar refractivity (Wildman–Crippen MR) is 90.1 cm³/mol. The molecule has 6 heteroatoms. The molecule has 1 amide bonds. The van der Waals surface area contributed by atoms with Crippen LogP contribution in [0.25, 0.3) is 11.0 Å². The van der Waals surface area contributed by atoms with Gasteiger partial charge in [-0.1, -0.05) is 25.1 Å². The Balaban J connectivity index is 1.85. The molecule has 0 saturated carbocycles. The summed E-state index contributed by atoms with van der Waals surface area (Å²) in [7, 11) is 0. The molecule has 0 radical (unpaired) electrons. The lowest BCUT2D eigenvalue weighted by atomic mass is 10.1. The van der Waals surface area contributed by atoms with Crippen LogP contribution >= 0.6 is 11.3 Å². The van der Waals surface area contributed by atoms with Crippen LogP contribution in [0.2, 0.25) is 0 Å². The fourth-order valence-corrected chi connectivity index (χ4v) is 3.16. The first kappa shape index (κ1) is 15.4. The normalized spacial score (nSPS) is 12.3. The number of benzene rings is 1. The second-order valence-electron chi connectivity index (χ2n) is 5.37. The zero-order chi connectivity index (χ0) is 16.4. The van der Waals surface area contributed by atoms with Gasteiger partial charge in [0.15, 0.2) is 0 Å². The number of hydrogen-bond donors (Lipinski definition) is 1. The first-order valence-electron chi connectivity index (χ1n) is 7.28. The quantitative estimate of drug-likeness (QED) is 0.747. The van der Waals surface area contributed by atoms with Gasteiger partial charge in [0.1, 0.15) is 11.1 Å². The molecule has 1 N–H and O–H groups in total. The van der Waals surface area contributed by atoms with Crippen LogP contribution in [0.15, 0.2) is 45.1 Å². The van der Waals surface area contributed by atoms with Gasteiger partial charge in [-0.25, -0.2) is 9.78 Å². The number of para-hydroxylation sites is 1. The Morgan fingerprint density at radius 3 is 2.91 bits per heavy atom. The highest BCUT2D eigenvalue weighted by Gasteiger charge is 2.19. The van der Waals surface area contributed by atoms with Crippen LogP contribution in [-0.2, 0) is 0 Å². The summed E-state index contributed by atoms with van der Waals surface area (Å²) >= 11 is 1.54. The molecule has 2 aromatic heterocycles. The van der Waals surface area contributed by atoms with Gasteiger partial charge in [-0.3, -0.25) is 4.79 Å². The topological polar surface area (TPSA) is 72.2 Å². The summed E-state index contributed by atoms with van der Waals surface area (Å²) in [6, 6.07) is 7.19. The van der Waals surface area contributed by atoms with Crippen molar-refractivity contribution >= 4 is 28.2 Å². The third-order valence-corrected chi connectivity index (χ3v) is 4.75. The summed E-state index contributed by atoms with van der Waals surface area (Å²) in [5.41, 5.74) is 0.578. The van der Waals surface area contributed by atoms with E-state index in [1.54, 1.807) is 36.6 Å². The third kappa shape index (κ3) is 3.03. The van der Waals surface area contributed by atoms with Crippen LogP contribution in [0.1, 0.15) is 33.8 Å². The van der Waals surface area contributed by atoms with Gasteiger partial charge in [-0.05, 0) is 18.6 Å². The number of nitrogens with zero attached hydrogens (tertiary/aromatic N) is 1. The van der Waals surface area contributed by atoms with Crippen LogP contribution < -0.4 is 10.9 Å². The molecule has 3 rings (SSSR count). The zero-order valence-electron chi connectivity index (χ0n) is 12.8. The number of rotatable bonds is 4. The molecule has 0 spiro atoms. The second-order valence-corrected chi connectivity index (χ2v) is 6.29. The molecule has 3 aromatic rings. The molecular weight excluding hydrogens is 312 g/mol. The standard InChI is InChI=1S/C17H16N2O3S/c1-10(16-18-7-8-23-16)9-19-15(20)14-11(2)12-5-3-4-6-13(12)22-17(14)21/h3-8,10H,9H2,1-2H3,(H,19,20)/t10-/m0/s1. The highest BCUT2D eigenvalue weighted by Crippen LogP contribution is 2.19. The zero-order valence-corrected chi connectivity index (χ0v) is 13.6. The monoisotopic (exact) mass is 328 g/mol. The Hall–Kier alpha value is -2.47. The Morgan fingerprint density at radius 2 is 2.17 bits per heavy atom. The number of amides is 1. The van der Waals surface area contributed by atoms with Gasteiger partial charge < -0.3 is 9.73 Å². The fraction of sp³-hybridized carbons (Fsp3) is 0.235. The van der Waals surface area contributed by atoms with Gasteiger partial charge >= 0.3 is 5.63 Å². The predicted octanol–water partition coefficient (Wildman–Crippen LogP) is 3.09. The smallest absolute Gasteiger partial charge is 0.349 e. The molecule has 1 aromatic carbocycles. The van der Waals surface area contributed by atoms with Crippen molar-refractivity contribution in [3.05, 3.63) is 62.4 Å². The van der Waals surface area contributed by atoms with Crippen molar-refractivity contribution < 1.29 is 9.21 Å². The summed E-state index contributed by atoms with van der Waals surface area (Å²) in [5, 5.41) is 6.42. The first-order valence-corrected chi connectivity index (χ1v) is 8.16. The van der Waals surface area contributed by atoms with Crippen LogP contribution in [0, 0.1) is 6.92 Å². The molecule has 0 aliphatic rings. The molecule has 0 unspecified atom stereocenters. The Bertz CT molecular complexity index is 900. The van der Waals surface area contributed by atoms with Gasteiger partial charge in [-0.2, -0.15) is 0 Å². The van der Waals surface area contributed by atoms with Crippen molar-refractivity contribution in [2.24, 2.45) is 0 Å². The van der Waals surface area contributed by atoms with Crippen LogP contribution in [0.5, 0.6) is 0 Å². The number of hydrogen-bond acceptors (Lipinski definition) is 5. The second kappa shape index (κ2) is 6.34. The van der Waals surface area contributed by atoms with Crippen molar-refractivity contribution in [3.8, 4) is 0 Å². The number of aromatic nitrogens is 1. The van der Waals surface area contributed by atoms with Gasteiger partial charge in [0.2, 0.25) is 0 Å². The molecule has 118 valence electrons. The maximum absolute atomic E-state index is 12.4. The highest BCUT2D eigenvalue weighted by atomic mass is 32.1. The van der Waals surface area contributed by atoms with E-state index in [-0.39, 0.29) is 11.5 Å². The lowest BCUT2D eigenvalue weighted by Gasteiger charge is -2.11. The van der Waals surface area contributed by atoms with Crippen molar-refractivity contribution in [1.29, 1.82) is 0 Å². The van der Waals surface area contributed by atoms with E-state index in [0.29, 0.717) is 17.7 Å². The molecular formula is C17H16N2O3S. The average molecular weight is 328 g/mol. The molecule has 2 heterocycles. The highest BCUT2D eigenvalue weighted by molar-refractivity contribution is 7.09. The van der Waals surface area contributed by atoms with Crippen molar-refractivity contribution in [2.75, 3.05) is 6.54 Å². The fourth-order valence-electron chi connectivity index (χ4n) is 2.47. The van der Waals surface area contributed by atoms with Gasteiger partial charge in [0.05, 0.1) is 5.01 Å². The molecule has 0 bridgehead atoms. The first-order chi connectivity index (χ1) is 11.1. The van der Waals surface area contributed by atoms with Crippen molar-refractivity contribution in [3.63, 3.8) is 0 Å². The van der Waals surface area contributed by atoms with E-state index >= 15 is 0 Å². The largest absolute Gasteiger partial charge is 0.422 e. The van der Waals surface area contributed by atoms with Crippen molar-refractivity contribution in [2.45, 2.75) is 19.8 Å². The van der Waals surface area contributed by atoms with E-state index < -0.39 is 11.5 Å². The van der Waals surface area contributed by atoms with Gasteiger partial charge in [-0.15, -0.1) is 11.3 Å². The molecule has 5 nitrogen and oxygen atoms in total. The van der Waals surface area contributed by atoms with Crippen LogP contribution in [0.3, 0.4) is 0 Å². The van der Waals surface area contributed by atoms with Crippen LogP contribution in [-0.4, -0.2) is 17.4 Å². The van der Waals surface area contributed by atoms with E-state index in [0.717, 1.165) is 10.4 Å². The van der Waals surface area contributed by atoms with E-state index in [9.17, 15) is 9.59 Å². The maximum atomic E-state index is 12.4. The molecule has 0 saturated heterocycles. The number of carbonyl (C=O) groups is 1. The van der Waals surface area contributed by atoms with Crippen molar-refractivity contribution in [1.82, 2.24) is 10.3 Å². The van der Waals surface area contributed by atoms with Gasteiger partial charge in [0.25, 0.3) is 5.91 Å². The Labute approximate surface area is 137 Å². The molecule has 23 heavy (non-hydrogen) atoms. The minimum absolute atomic E-state index is 0.0649. The minimum atomic E-state index is -0.611. The molecule has 0 aliphatic carbocycles. The SMILES string of the molecule is Cc1c(C(=O)NC[C@H](C)c2nccs2)c(=O)oc2ccccc12. The van der Waals surface area contributed by atoms with Crippen LogP contribution in [0.4, 0.5) is 0 Å². The summed E-state index contributed by atoms with van der Waals surface area (Å²) in [6.45, 7) is 4.16. The van der Waals surface area contributed by atoms with E-state index in [1.165, 1.54) is 0 Å².